The van der Waals surface area contributed by atoms with Gasteiger partial charge in [0.15, 0.2) is 0 Å². The lowest BCUT2D eigenvalue weighted by molar-refractivity contribution is -0.121. The van der Waals surface area contributed by atoms with Gasteiger partial charge in [0, 0.05) is 12.0 Å². The summed E-state index contributed by atoms with van der Waals surface area (Å²) < 4.78 is 0. The van der Waals surface area contributed by atoms with Crippen LogP contribution in [0.2, 0.25) is 0 Å². The number of nitrogens with two attached hydrogens (primary N) is 1. The first kappa shape index (κ1) is 15.7. The maximum Gasteiger partial charge on any atom is 0.132 e. The average Bonchev–Trinajstić information content (AvgIpc) is 2.41. The van der Waals surface area contributed by atoms with Crippen LogP contribution in [0.1, 0.15) is 78.1 Å². The number of rotatable bonds is 2. The first-order valence-electron chi connectivity index (χ1n) is 7.87. The standard InChI is InChI=1S/C8H17N.C8H14O/c2*1-7(9)8-5-3-2-4-6-8/h7-8H,2-6,9H2,1H3;8H,2-6H2,1H3. The van der Waals surface area contributed by atoms with Crippen LogP contribution in [0, 0.1) is 11.8 Å². The minimum Gasteiger partial charge on any atom is -0.328 e. The summed E-state index contributed by atoms with van der Waals surface area (Å²) in [5.41, 5.74) is 5.77. The van der Waals surface area contributed by atoms with E-state index in [-0.39, 0.29) is 0 Å². The maximum absolute atomic E-state index is 10.8. The quantitative estimate of drug-likeness (QED) is 0.806. The number of Topliss-reactive ketones (excluding diaryl/α,β-unsaturated/α-hetero) is 1. The molecule has 18 heavy (non-hydrogen) atoms. The maximum atomic E-state index is 10.8. The second-order valence-corrected chi connectivity index (χ2v) is 6.20. The topological polar surface area (TPSA) is 43.1 Å². The predicted octanol–water partition coefficient (Wildman–Crippen LogP) is 4.07. The van der Waals surface area contributed by atoms with Gasteiger partial charge in [-0.3, -0.25) is 4.79 Å². The summed E-state index contributed by atoms with van der Waals surface area (Å²) in [7, 11) is 0. The van der Waals surface area contributed by atoms with Crippen LogP contribution in [0.3, 0.4) is 0 Å². The molecule has 106 valence electrons. The van der Waals surface area contributed by atoms with Gasteiger partial charge in [-0.1, -0.05) is 38.5 Å². The van der Waals surface area contributed by atoms with Crippen molar-refractivity contribution in [1.82, 2.24) is 0 Å². The smallest absolute Gasteiger partial charge is 0.132 e. The molecule has 1 atom stereocenters. The van der Waals surface area contributed by atoms with Crippen molar-refractivity contribution < 1.29 is 4.79 Å². The van der Waals surface area contributed by atoms with Crippen molar-refractivity contribution in [1.29, 1.82) is 0 Å². The molecule has 0 spiro atoms. The van der Waals surface area contributed by atoms with Crippen LogP contribution in [0.5, 0.6) is 0 Å². The summed E-state index contributed by atoms with van der Waals surface area (Å²) in [5, 5.41) is 0. The molecule has 2 saturated carbocycles. The first-order chi connectivity index (χ1) is 8.61. The summed E-state index contributed by atoms with van der Waals surface area (Å²) in [5.74, 6) is 1.65. The Balaban J connectivity index is 0.000000180. The van der Waals surface area contributed by atoms with Crippen LogP contribution in [0.15, 0.2) is 0 Å². The minimum absolute atomic E-state index is 0.398. The Kier molecular flexibility index (Phi) is 7.57. The van der Waals surface area contributed by atoms with Crippen LogP contribution < -0.4 is 5.73 Å². The Morgan fingerprint density at radius 3 is 1.67 bits per heavy atom. The van der Waals surface area contributed by atoms with Gasteiger partial charge in [-0.15, -0.1) is 0 Å². The third-order valence-electron chi connectivity index (χ3n) is 4.57. The van der Waals surface area contributed by atoms with E-state index in [2.05, 4.69) is 6.92 Å². The third kappa shape index (κ3) is 5.99. The largest absolute Gasteiger partial charge is 0.328 e. The highest BCUT2D eigenvalue weighted by Gasteiger charge is 2.17. The van der Waals surface area contributed by atoms with Gasteiger partial charge in [-0.2, -0.15) is 0 Å². The first-order valence-corrected chi connectivity index (χ1v) is 7.87. The third-order valence-corrected chi connectivity index (χ3v) is 4.57. The molecule has 1 unspecified atom stereocenters. The van der Waals surface area contributed by atoms with Gasteiger partial charge in [0.05, 0.1) is 0 Å². The normalized spacial score (nSPS) is 23.9. The molecule has 0 aromatic carbocycles. The molecule has 2 aliphatic carbocycles. The molecule has 2 aliphatic rings. The van der Waals surface area contributed by atoms with Crippen LogP contribution >= 0.6 is 0 Å². The molecule has 0 amide bonds. The lowest BCUT2D eigenvalue weighted by Gasteiger charge is -2.24. The average molecular weight is 253 g/mol. The van der Waals surface area contributed by atoms with Crippen molar-refractivity contribution in [2.24, 2.45) is 17.6 Å². The Hall–Kier alpha value is -0.370. The second kappa shape index (κ2) is 8.68. The van der Waals surface area contributed by atoms with E-state index in [1.807, 2.05) is 0 Å². The number of carbonyl (C=O) groups excluding carboxylic acids is 1. The van der Waals surface area contributed by atoms with E-state index < -0.39 is 0 Å². The summed E-state index contributed by atoms with van der Waals surface area (Å²) in [6.45, 7) is 3.85. The van der Waals surface area contributed by atoms with Gasteiger partial charge in [-0.05, 0) is 45.4 Å². The Morgan fingerprint density at radius 1 is 0.944 bits per heavy atom. The zero-order valence-corrected chi connectivity index (χ0v) is 12.3. The van der Waals surface area contributed by atoms with Crippen molar-refractivity contribution in [3.63, 3.8) is 0 Å². The van der Waals surface area contributed by atoms with E-state index in [0.29, 0.717) is 17.7 Å². The number of hydrogen-bond donors (Lipinski definition) is 1. The van der Waals surface area contributed by atoms with E-state index in [4.69, 9.17) is 5.73 Å². The van der Waals surface area contributed by atoms with Gasteiger partial charge in [-0.25, -0.2) is 0 Å². The van der Waals surface area contributed by atoms with E-state index >= 15 is 0 Å². The number of carbonyl (C=O) groups is 1. The van der Waals surface area contributed by atoms with Crippen LogP contribution in [-0.2, 0) is 4.79 Å². The van der Waals surface area contributed by atoms with E-state index in [0.717, 1.165) is 18.8 Å². The molecule has 2 nitrogen and oxygen atoms in total. The van der Waals surface area contributed by atoms with E-state index in [1.165, 1.54) is 51.4 Å². The lowest BCUT2D eigenvalue weighted by atomic mass is 9.85. The molecule has 0 bridgehead atoms. The number of ketones is 1. The molecule has 0 heterocycles. The molecule has 0 aliphatic heterocycles. The fourth-order valence-electron chi connectivity index (χ4n) is 3.17. The molecule has 2 rings (SSSR count). The molecule has 0 aromatic heterocycles. The molecular weight excluding hydrogens is 222 g/mol. The fraction of sp³-hybridized carbons (Fsp3) is 0.938. The highest BCUT2D eigenvalue weighted by atomic mass is 16.1. The molecule has 0 radical (unpaired) electrons. The highest BCUT2D eigenvalue weighted by molar-refractivity contribution is 5.78. The van der Waals surface area contributed by atoms with Crippen molar-refractivity contribution >= 4 is 5.78 Å². The van der Waals surface area contributed by atoms with Gasteiger partial charge in [0.1, 0.15) is 5.78 Å². The molecule has 2 heteroatoms. The predicted molar refractivity (Wildman–Crippen MR) is 77.5 cm³/mol. The molecule has 2 N–H and O–H groups in total. The van der Waals surface area contributed by atoms with Crippen LogP contribution in [-0.4, -0.2) is 11.8 Å². The minimum atomic E-state index is 0.398. The summed E-state index contributed by atoms with van der Waals surface area (Å²) >= 11 is 0. The van der Waals surface area contributed by atoms with Crippen molar-refractivity contribution in [3.05, 3.63) is 0 Å². The summed E-state index contributed by atoms with van der Waals surface area (Å²) in [6, 6.07) is 0.435. The Morgan fingerprint density at radius 2 is 1.39 bits per heavy atom. The molecule has 2 fully saturated rings. The zero-order valence-electron chi connectivity index (χ0n) is 12.3. The lowest BCUT2D eigenvalue weighted by Crippen LogP contribution is -2.27. The highest BCUT2D eigenvalue weighted by Crippen LogP contribution is 2.25. The number of hydrogen-bond acceptors (Lipinski definition) is 2. The van der Waals surface area contributed by atoms with Crippen molar-refractivity contribution in [2.75, 3.05) is 0 Å². The van der Waals surface area contributed by atoms with Gasteiger partial charge >= 0.3 is 0 Å². The summed E-state index contributed by atoms with van der Waals surface area (Å²) in [4.78, 5) is 10.8. The van der Waals surface area contributed by atoms with Gasteiger partial charge in [0.2, 0.25) is 0 Å². The molecular formula is C16H31NO. The second-order valence-electron chi connectivity index (χ2n) is 6.20. The van der Waals surface area contributed by atoms with Gasteiger partial charge < -0.3 is 5.73 Å². The Bertz CT molecular complexity index is 225. The van der Waals surface area contributed by atoms with Crippen LogP contribution in [0.4, 0.5) is 0 Å². The fourth-order valence-corrected chi connectivity index (χ4v) is 3.17. The van der Waals surface area contributed by atoms with Crippen LogP contribution in [0.25, 0.3) is 0 Å². The summed E-state index contributed by atoms with van der Waals surface area (Å²) in [6.07, 6.45) is 13.2. The molecule has 0 saturated heterocycles. The Labute approximate surface area is 113 Å². The van der Waals surface area contributed by atoms with E-state index in [1.54, 1.807) is 6.92 Å². The zero-order chi connectivity index (χ0) is 13.4. The monoisotopic (exact) mass is 253 g/mol. The van der Waals surface area contributed by atoms with E-state index in [9.17, 15) is 4.79 Å². The SMILES string of the molecule is CC(=O)C1CCCCC1.CC(N)C1CCCCC1. The van der Waals surface area contributed by atoms with Gasteiger partial charge in [0.25, 0.3) is 0 Å². The molecule has 0 aromatic rings. The van der Waals surface area contributed by atoms with Crippen molar-refractivity contribution in [3.8, 4) is 0 Å². The van der Waals surface area contributed by atoms with Crippen molar-refractivity contribution in [2.45, 2.75) is 84.1 Å².